The highest BCUT2D eigenvalue weighted by atomic mass is 16.6. The molecular weight excluding hydrogens is 266 g/mol. The van der Waals surface area contributed by atoms with Gasteiger partial charge in [0.25, 0.3) is 11.2 Å². The molecule has 0 atom stereocenters. The molecule has 0 amide bonds. The number of nitrogens with zero attached hydrogens (tertiary/aromatic N) is 2. The summed E-state index contributed by atoms with van der Waals surface area (Å²) in [5.41, 5.74) is -0.391. The molecule has 0 aliphatic carbocycles. The van der Waals surface area contributed by atoms with Gasteiger partial charge in [0, 0.05) is 18.3 Å². The van der Waals surface area contributed by atoms with E-state index in [1.165, 1.54) is 30.5 Å². The van der Waals surface area contributed by atoms with Crippen molar-refractivity contribution in [2.24, 2.45) is 0 Å². The Balaban J connectivity index is 2.37. The molecule has 0 bridgehead atoms. The highest BCUT2D eigenvalue weighted by molar-refractivity contribution is 5.88. The standard InChI is InChI=1S/C12H11N3O5/c1-2-20-12(17)10-7-13-14(11(10)16)8-3-5-9(6-4-8)15(18)19/h3-7,13H,2H2,1H3. The molecule has 0 unspecified atom stereocenters. The van der Waals surface area contributed by atoms with Gasteiger partial charge in [-0.15, -0.1) is 0 Å². The van der Waals surface area contributed by atoms with E-state index in [9.17, 15) is 19.7 Å². The second kappa shape index (κ2) is 5.39. The number of benzene rings is 1. The Morgan fingerprint density at radius 1 is 1.40 bits per heavy atom. The van der Waals surface area contributed by atoms with Gasteiger partial charge in [-0.3, -0.25) is 20.0 Å². The molecule has 1 N–H and O–H groups in total. The summed E-state index contributed by atoms with van der Waals surface area (Å²) in [5.74, 6) is -0.714. The Hall–Kier alpha value is -2.90. The van der Waals surface area contributed by atoms with Gasteiger partial charge in [0.1, 0.15) is 5.56 Å². The maximum absolute atomic E-state index is 12.0. The number of nitrogens with one attached hydrogen (secondary N) is 1. The van der Waals surface area contributed by atoms with Crippen LogP contribution in [-0.4, -0.2) is 27.3 Å². The van der Waals surface area contributed by atoms with Crippen molar-refractivity contribution in [3.8, 4) is 5.69 Å². The SMILES string of the molecule is CCOC(=O)c1c[nH]n(-c2ccc([N+](=O)[O-])cc2)c1=O. The van der Waals surface area contributed by atoms with E-state index in [4.69, 9.17) is 4.74 Å². The van der Waals surface area contributed by atoms with Crippen molar-refractivity contribution in [2.75, 3.05) is 6.61 Å². The molecule has 0 saturated heterocycles. The van der Waals surface area contributed by atoms with E-state index >= 15 is 0 Å². The maximum atomic E-state index is 12.0. The van der Waals surface area contributed by atoms with Crippen LogP contribution in [0.3, 0.4) is 0 Å². The molecule has 20 heavy (non-hydrogen) atoms. The van der Waals surface area contributed by atoms with Crippen LogP contribution in [0.1, 0.15) is 17.3 Å². The molecule has 0 aliphatic heterocycles. The minimum Gasteiger partial charge on any atom is -0.462 e. The zero-order valence-corrected chi connectivity index (χ0v) is 10.5. The van der Waals surface area contributed by atoms with Gasteiger partial charge in [-0.1, -0.05) is 0 Å². The number of carbonyl (C=O) groups excluding carboxylic acids is 1. The van der Waals surface area contributed by atoms with Crippen molar-refractivity contribution in [1.82, 2.24) is 9.78 Å². The highest BCUT2D eigenvalue weighted by Crippen LogP contribution is 2.13. The number of hydrogen-bond donors (Lipinski definition) is 1. The fourth-order valence-corrected chi connectivity index (χ4v) is 1.64. The van der Waals surface area contributed by atoms with Crippen LogP contribution in [0.5, 0.6) is 0 Å². The largest absolute Gasteiger partial charge is 0.462 e. The number of nitro benzene ring substituents is 1. The van der Waals surface area contributed by atoms with Crippen molar-refractivity contribution in [1.29, 1.82) is 0 Å². The molecule has 1 aromatic carbocycles. The van der Waals surface area contributed by atoms with Crippen LogP contribution in [0.15, 0.2) is 35.3 Å². The van der Waals surface area contributed by atoms with Crippen LogP contribution >= 0.6 is 0 Å². The number of esters is 1. The first-order chi connectivity index (χ1) is 9.54. The lowest BCUT2D eigenvalue weighted by Crippen LogP contribution is -2.21. The molecular formula is C12H11N3O5. The number of aromatic amines is 1. The summed E-state index contributed by atoms with van der Waals surface area (Å²) in [4.78, 5) is 33.5. The van der Waals surface area contributed by atoms with Gasteiger partial charge < -0.3 is 4.74 Å². The van der Waals surface area contributed by atoms with Gasteiger partial charge in [0.15, 0.2) is 0 Å². The van der Waals surface area contributed by atoms with Gasteiger partial charge >= 0.3 is 5.97 Å². The third kappa shape index (κ3) is 2.44. The second-order valence-corrected chi connectivity index (χ2v) is 3.82. The van der Waals surface area contributed by atoms with Crippen LogP contribution < -0.4 is 5.56 Å². The minimum absolute atomic E-state index is 0.0843. The van der Waals surface area contributed by atoms with E-state index in [0.717, 1.165) is 4.68 Å². The number of rotatable bonds is 4. The molecule has 0 radical (unpaired) electrons. The first kappa shape index (κ1) is 13.5. The van der Waals surface area contributed by atoms with Crippen LogP contribution in [-0.2, 0) is 4.74 Å². The first-order valence-corrected chi connectivity index (χ1v) is 5.77. The molecule has 0 aliphatic rings. The normalized spacial score (nSPS) is 10.2. The van der Waals surface area contributed by atoms with Crippen molar-refractivity contribution in [3.63, 3.8) is 0 Å². The molecule has 104 valence electrons. The number of hydrogen-bond acceptors (Lipinski definition) is 5. The van der Waals surface area contributed by atoms with Crippen LogP contribution in [0, 0.1) is 10.1 Å². The van der Waals surface area contributed by atoms with Crippen molar-refractivity contribution >= 4 is 11.7 Å². The van der Waals surface area contributed by atoms with Crippen molar-refractivity contribution < 1.29 is 14.5 Å². The topological polar surface area (TPSA) is 107 Å². The number of nitro groups is 1. The maximum Gasteiger partial charge on any atom is 0.345 e. The lowest BCUT2D eigenvalue weighted by Gasteiger charge is -2.00. The number of H-pyrrole nitrogens is 1. The van der Waals surface area contributed by atoms with Crippen LogP contribution in [0.4, 0.5) is 5.69 Å². The number of aromatic nitrogens is 2. The second-order valence-electron chi connectivity index (χ2n) is 3.82. The number of non-ortho nitro benzene ring substituents is 1. The summed E-state index contributed by atoms with van der Waals surface area (Å²) in [6, 6.07) is 5.36. The third-order valence-corrected chi connectivity index (χ3v) is 2.59. The van der Waals surface area contributed by atoms with E-state index in [1.807, 2.05) is 0 Å². The van der Waals surface area contributed by atoms with Gasteiger partial charge in [-0.25, -0.2) is 9.48 Å². The molecule has 2 aromatic rings. The predicted octanol–water partition coefficient (Wildman–Crippen LogP) is 1.25. The zero-order valence-electron chi connectivity index (χ0n) is 10.5. The number of ether oxygens (including phenoxy) is 1. The molecule has 1 aromatic heterocycles. The first-order valence-electron chi connectivity index (χ1n) is 5.77. The van der Waals surface area contributed by atoms with Crippen LogP contribution in [0.25, 0.3) is 5.69 Å². The molecule has 8 nitrogen and oxygen atoms in total. The average Bonchev–Trinajstić information content (AvgIpc) is 2.81. The quantitative estimate of drug-likeness (QED) is 0.514. The summed E-state index contributed by atoms with van der Waals surface area (Å²) in [5, 5.41) is 13.2. The summed E-state index contributed by atoms with van der Waals surface area (Å²) in [6.07, 6.45) is 1.24. The van der Waals surface area contributed by atoms with E-state index in [2.05, 4.69) is 5.10 Å². The van der Waals surface area contributed by atoms with E-state index in [-0.39, 0.29) is 17.9 Å². The zero-order chi connectivity index (χ0) is 14.7. The van der Waals surface area contributed by atoms with Crippen molar-refractivity contribution in [2.45, 2.75) is 6.92 Å². The monoisotopic (exact) mass is 277 g/mol. The summed E-state index contributed by atoms with van der Waals surface area (Å²) in [7, 11) is 0. The van der Waals surface area contributed by atoms with Gasteiger partial charge in [-0.05, 0) is 19.1 Å². The Morgan fingerprint density at radius 3 is 2.60 bits per heavy atom. The van der Waals surface area contributed by atoms with Gasteiger partial charge in [0.2, 0.25) is 0 Å². The smallest absolute Gasteiger partial charge is 0.345 e. The highest BCUT2D eigenvalue weighted by Gasteiger charge is 2.16. The fourth-order valence-electron chi connectivity index (χ4n) is 1.64. The Bertz CT molecular complexity index is 699. The minimum atomic E-state index is -0.714. The Morgan fingerprint density at radius 2 is 2.05 bits per heavy atom. The summed E-state index contributed by atoms with van der Waals surface area (Å²) >= 11 is 0. The van der Waals surface area contributed by atoms with Crippen molar-refractivity contribution in [3.05, 3.63) is 56.5 Å². The lowest BCUT2D eigenvalue weighted by atomic mass is 10.3. The molecule has 0 saturated carbocycles. The predicted molar refractivity (Wildman–Crippen MR) is 69.0 cm³/mol. The average molecular weight is 277 g/mol. The van der Waals surface area contributed by atoms with E-state index in [1.54, 1.807) is 6.92 Å². The molecule has 8 heteroatoms. The summed E-state index contributed by atoms with van der Waals surface area (Å²) in [6.45, 7) is 1.81. The fraction of sp³-hybridized carbons (Fsp3) is 0.167. The summed E-state index contributed by atoms with van der Waals surface area (Å²) < 4.78 is 5.85. The number of carbonyl (C=O) groups is 1. The lowest BCUT2D eigenvalue weighted by molar-refractivity contribution is -0.384. The van der Waals surface area contributed by atoms with E-state index in [0.29, 0.717) is 5.69 Å². The van der Waals surface area contributed by atoms with Gasteiger partial charge in [-0.2, -0.15) is 0 Å². The Kier molecular flexibility index (Phi) is 3.65. The van der Waals surface area contributed by atoms with E-state index < -0.39 is 16.5 Å². The molecule has 0 fully saturated rings. The molecule has 1 heterocycles. The third-order valence-electron chi connectivity index (χ3n) is 2.59. The molecule has 0 spiro atoms. The Labute approximate surface area is 112 Å². The molecule has 2 rings (SSSR count). The van der Waals surface area contributed by atoms with Gasteiger partial charge in [0.05, 0.1) is 17.2 Å². The van der Waals surface area contributed by atoms with Crippen LogP contribution in [0.2, 0.25) is 0 Å².